The van der Waals surface area contributed by atoms with Crippen molar-refractivity contribution < 1.29 is 9.59 Å². The third-order valence-corrected chi connectivity index (χ3v) is 6.41. The Bertz CT molecular complexity index is 863. The van der Waals surface area contributed by atoms with E-state index in [9.17, 15) is 9.59 Å². The van der Waals surface area contributed by atoms with Crippen LogP contribution in [0.25, 0.3) is 0 Å². The van der Waals surface area contributed by atoms with Crippen molar-refractivity contribution in [3.8, 4) is 0 Å². The van der Waals surface area contributed by atoms with Crippen LogP contribution in [0, 0.1) is 0 Å². The molecule has 2 aliphatic rings. The van der Waals surface area contributed by atoms with Crippen molar-refractivity contribution >= 4 is 11.8 Å². The summed E-state index contributed by atoms with van der Waals surface area (Å²) in [5.41, 5.74) is 1.85. The smallest absolute Gasteiger partial charge is 0.257 e. The van der Waals surface area contributed by atoms with Gasteiger partial charge in [0.05, 0.1) is 23.8 Å². The molecule has 0 spiro atoms. The molecule has 154 valence electrons. The van der Waals surface area contributed by atoms with Gasteiger partial charge in [0, 0.05) is 32.8 Å². The molecule has 2 saturated heterocycles. The number of hydrogen-bond donors (Lipinski definition) is 0. The predicted octanol–water partition coefficient (Wildman–Crippen LogP) is 3.04. The molecule has 2 aromatic rings. The zero-order valence-corrected chi connectivity index (χ0v) is 17.3. The van der Waals surface area contributed by atoms with Crippen LogP contribution in [0.15, 0.2) is 42.7 Å². The first kappa shape index (κ1) is 19.7. The van der Waals surface area contributed by atoms with Crippen LogP contribution in [-0.4, -0.2) is 56.1 Å². The summed E-state index contributed by atoms with van der Waals surface area (Å²) in [6, 6.07) is 10.6. The number of aryl methyl sites for hydroxylation is 1. The highest BCUT2D eigenvalue weighted by molar-refractivity contribution is 5.94. The molecule has 3 atom stereocenters. The zero-order valence-electron chi connectivity index (χ0n) is 17.3. The Balaban J connectivity index is 1.69. The molecule has 0 bridgehead atoms. The van der Waals surface area contributed by atoms with Crippen LogP contribution in [0.4, 0.5) is 0 Å². The maximum absolute atomic E-state index is 13.6. The molecule has 0 unspecified atom stereocenters. The highest BCUT2D eigenvalue weighted by Crippen LogP contribution is 2.36. The van der Waals surface area contributed by atoms with Crippen LogP contribution in [0.1, 0.15) is 54.9 Å². The van der Waals surface area contributed by atoms with Gasteiger partial charge in [0.15, 0.2) is 0 Å². The molecule has 0 saturated carbocycles. The third kappa shape index (κ3) is 4.07. The molecule has 4 rings (SSSR count). The van der Waals surface area contributed by atoms with E-state index >= 15 is 0 Å². The lowest BCUT2D eigenvalue weighted by molar-refractivity contribution is -0.132. The number of rotatable bonds is 3. The molecule has 6 nitrogen and oxygen atoms in total. The van der Waals surface area contributed by atoms with E-state index in [0.29, 0.717) is 5.56 Å². The molecule has 0 aliphatic carbocycles. The van der Waals surface area contributed by atoms with Crippen LogP contribution >= 0.6 is 0 Å². The van der Waals surface area contributed by atoms with E-state index in [-0.39, 0.29) is 29.9 Å². The lowest BCUT2D eigenvalue weighted by Crippen LogP contribution is -2.50. The van der Waals surface area contributed by atoms with E-state index in [2.05, 4.69) is 22.1 Å². The summed E-state index contributed by atoms with van der Waals surface area (Å²) in [6.07, 6.45) is 9.29. The van der Waals surface area contributed by atoms with Crippen molar-refractivity contribution in [3.05, 3.63) is 53.9 Å². The number of benzene rings is 1. The SMILES string of the molecule is CC(=O)N1CCCCC[C@@H]2[C@@H]1C[C@@H](Cc1ccccc1)N2C(=O)c1cnn(C)c1. The van der Waals surface area contributed by atoms with E-state index in [1.807, 2.05) is 30.1 Å². The molecule has 2 aliphatic heterocycles. The summed E-state index contributed by atoms with van der Waals surface area (Å²) < 4.78 is 1.67. The average Bonchev–Trinajstić information content (AvgIpc) is 3.26. The Morgan fingerprint density at radius 1 is 1.10 bits per heavy atom. The fourth-order valence-electron chi connectivity index (χ4n) is 5.11. The lowest BCUT2D eigenvalue weighted by Gasteiger charge is -2.37. The van der Waals surface area contributed by atoms with E-state index in [1.165, 1.54) is 5.56 Å². The van der Waals surface area contributed by atoms with Crippen molar-refractivity contribution in [1.29, 1.82) is 0 Å². The van der Waals surface area contributed by atoms with Gasteiger partial charge in [-0.3, -0.25) is 14.3 Å². The van der Waals surface area contributed by atoms with Gasteiger partial charge in [-0.1, -0.05) is 43.2 Å². The topological polar surface area (TPSA) is 58.4 Å². The Hall–Kier alpha value is -2.63. The van der Waals surface area contributed by atoms with Gasteiger partial charge in [0.1, 0.15) is 0 Å². The van der Waals surface area contributed by atoms with Crippen molar-refractivity contribution in [2.75, 3.05) is 6.54 Å². The first-order chi connectivity index (χ1) is 14.0. The van der Waals surface area contributed by atoms with Crippen molar-refractivity contribution in [2.45, 2.75) is 63.6 Å². The number of hydrogen-bond acceptors (Lipinski definition) is 3. The van der Waals surface area contributed by atoms with Crippen LogP contribution in [-0.2, 0) is 18.3 Å². The number of nitrogens with zero attached hydrogens (tertiary/aromatic N) is 4. The van der Waals surface area contributed by atoms with Crippen LogP contribution in [0.3, 0.4) is 0 Å². The summed E-state index contributed by atoms with van der Waals surface area (Å²) in [5, 5.41) is 4.20. The van der Waals surface area contributed by atoms with Gasteiger partial charge < -0.3 is 9.80 Å². The second kappa shape index (κ2) is 8.39. The standard InChI is InChI=1S/C23H30N4O2/c1-17(28)26-12-8-4-7-11-21-22(26)14-20(13-18-9-5-3-6-10-18)27(21)23(29)19-15-24-25(2)16-19/h3,5-6,9-10,15-16,20-22H,4,7-8,11-14H2,1-2H3/t20-,21-,22+/m1/s1. The molecular weight excluding hydrogens is 364 g/mol. The number of aromatic nitrogens is 2. The summed E-state index contributed by atoms with van der Waals surface area (Å²) in [5.74, 6) is 0.159. The van der Waals surface area contributed by atoms with Crippen molar-refractivity contribution in [2.24, 2.45) is 7.05 Å². The van der Waals surface area contributed by atoms with Gasteiger partial charge in [-0.05, 0) is 31.2 Å². The maximum atomic E-state index is 13.6. The van der Waals surface area contributed by atoms with E-state index in [4.69, 9.17) is 0 Å². The highest BCUT2D eigenvalue weighted by atomic mass is 16.2. The predicted molar refractivity (Wildman–Crippen MR) is 111 cm³/mol. The molecule has 0 N–H and O–H groups in total. The van der Waals surface area contributed by atoms with E-state index in [0.717, 1.165) is 45.1 Å². The fourth-order valence-corrected chi connectivity index (χ4v) is 5.11. The van der Waals surface area contributed by atoms with Gasteiger partial charge in [-0.2, -0.15) is 5.10 Å². The number of amides is 2. The van der Waals surface area contributed by atoms with Gasteiger partial charge in [0.25, 0.3) is 5.91 Å². The molecule has 1 aromatic heterocycles. The average molecular weight is 395 g/mol. The Morgan fingerprint density at radius 3 is 2.59 bits per heavy atom. The van der Waals surface area contributed by atoms with Gasteiger partial charge in [-0.25, -0.2) is 0 Å². The summed E-state index contributed by atoms with van der Waals surface area (Å²) in [7, 11) is 1.83. The van der Waals surface area contributed by atoms with Crippen molar-refractivity contribution in [3.63, 3.8) is 0 Å². The minimum atomic E-state index is 0.0376. The van der Waals surface area contributed by atoms with Gasteiger partial charge >= 0.3 is 0 Å². The normalized spacial score (nSPS) is 24.7. The van der Waals surface area contributed by atoms with Crippen LogP contribution in [0.5, 0.6) is 0 Å². The zero-order chi connectivity index (χ0) is 20.4. The van der Waals surface area contributed by atoms with Crippen LogP contribution in [0.2, 0.25) is 0 Å². The third-order valence-electron chi connectivity index (χ3n) is 6.41. The van der Waals surface area contributed by atoms with E-state index < -0.39 is 0 Å². The number of carbonyl (C=O) groups excluding carboxylic acids is 2. The molecule has 6 heteroatoms. The molecule has 29 heavy (non-hydrogen) atoms. The molecule has 0 radical (unpaired) electrons. The number of fused-ring (bicyclic) bond motifs is 1. The second-order valence-electron chi connectivity index (χ2n) is 8.39. The fraction of sp³-hybridized carbons (Fsp3) is 0.522. The van der Waals surface area contributed by atoms with Crippen LogP contribution < -0.4 is 0 Å². The van der Waals surface area contributed by atoms with E-state index in [1.54, 1.807) is 24.0 Å². The lowest BCUT2D eigenvalue weighted by atomic mass is 9.96. The quantitative estimate of drug-likeness (QED) is 0.804. The van der Waals surface area contributed by atoms with Crippen molar-refractivity contribution in [1.82, 2.24) is 19.6 Å². The first-order valence-electron chi connectivity index (χ1n) is 10.7. The minimum Gasteiger partial charge on any atom is -0.338 e. The Kier molecular flexibility index (Phi) is 5.69. The monoisotopic (exact) mass is 394 g/mol. The molecule has 3 heterocycles. The van der Waals surface area contributed by atoms with Gasteiger partial charge in [-0.15, -0.1) is 0 Å². The second-order valence-corrected chi connectivity index (χ2v) is 8.39. The molecule has 2 fully saturated rings. The van der Waals surface area contributed by atoms with Gasteiger partial charge in [0.2, 0.25) is 5.91 Å². The maximum Gasteiger partial charge on any atom is 0.257 e. The Morgan fingerprint density at radius 2 is 1.90 bits per heavy atom. The number of carbonyl (C=O) groups is 2. The largest absolute Gasteiger partial charge is 0.338 e. The highest BCUT2D eigenvalue weighted by Gasteiger charge is 2.47. The summed E-state index contributed by atoms with van der Waals surface area (Å²) >= 11 is 0. The molecular formula is C23H30N4O2. The first-order valence-corrected chi connectivity index (χ1v) is 10.7. The summed E-state index contributed by atoms with van der Waals surface area (Å²) in [4.78, 5) is 30.1. The molecule has 2 amide bonds. The molecule has 1 aromatic carbocycles. The number of likely N-dealkylation sites (tertiary alicyclic amines) is 2. The Labute approximate surface area is 172 Å². The minimum absolute atomic E-state index is 0.0376. The summed E-state index contributed by atoms with van der Waals surface area (Å²) in [6.45, 7) is 2.46.